The summed E-state index contributed by atoms with van der Waals surface area (Å²) >= 11 is 0. The molecular formula is C22H27N7. The number of aromatic nitrogens is 4. The first-order chi connectivity index (χ1) is 14.2. The number of likely N-dealkylation sites (N-methyl/N-ethyl adjacent to an activating group) is 1. The number of anilines is 1. The van der Waals surface area contributed by atoms with E-state index in [0.717, 1.165) is 62.7 Å². The summed E-state index contributed by atoms with van der Waals surface area (Å²) in [5.41, 5.74) is 5.70. The van der Waals surface area contributed by atoms with Gasteiger partial charge in [0, 0.05) is 75.9 Å². The molecule has 1 atom stereocenters. The maximum atomic E-state index is 4.89. The van der Waals surface area contributed by atoms with Gasteiger partial charge in [0.25, 0.3) is 0 Å². The van der Waals surface area contributed by atoms with Crippen LogP contribution < -0.4 is 4.90 Å². The molecule has 0 spiro atoms. The molecule has 0 radical (unpaired) electrons. The second kappa shape index (κ2) is 7.65. The number of fused-ring (bicyclic) bond motifs is 2. The van der Waals surface area contributed by atoms with Crippen molar-refractivity contribution in [3.8, 4) is 0 Å². The Hall–Kier alpha value is -2.64. The molecule has 0 bridgehead atoms. The fourth-order valence-corrected chi connectivity index (χ4v) is 4.36. The third-order valence-electron chi connectivity index (χ3n) is 6.23. The molecule has 5 rings (SSSR count). The van der Waals surface area contributed by atoms with Gasteiger partial charge < -0.3 is 9.80 Å². The lowest BCUT2D eigenvalue weighted by molar-refractivity contribution is 0.198. The van der Waals surface area contributed by atoms with Crippen molar-refractivity contribution >= 4 is 17.0 Å². The standard InChI is InChI=1S/C22H27N7/c1-16(17-3-4-20-21(13-17)24-7-6-23-20)28-9-11-29(12-10-28)22-25-14-18-15-27(2)8-5-19(18)26-22/h3-4,6-7,13-14,16H,5,8-12,15H2,1-2H3. The summed E-state index contributed by atoms with van der Waals surface area (Å²) in [5.74, 6) is 0.890. The molecule has 1 unspecified atom stereocenters. The van der Waals surface area contributed by atoms with Gasteiger partial charge in [0.05, 0.1) is 16.7 Å². The van der Waals surface area contributed by atoms with Gasteiger partial charge in [-0.15, -0.1) is 0 Å². The third kappa shape index (κ3) is 3.68. The predicted molar refractivity (Wildman–Crippen MR) is 114 cm³/mol. The molecule has 4 heterocycles. The fourth-order valence-electron chi connectivity index (χ4n) is 4.36. The van der Waals surface area contributed by atoms with E-state index in [1.165, 1.54) is 16.8 Å². The molecule has 1 aromatic carbocycles. The fraction of sp³-hybridized carbons (Fsp3) is 0.455. The van der Waals surface area contributed by atoms with E-state index >= 15 is 0 Å². The Labute approximate surface area is 171 Å². The van der Waals surface area contributed by atoms with E-state index in [9.17, 15) is 0 Å². The smallest absolute Gasteiger partial charge is 0.225 e. The van der Waals surface area contributed by atoms with E-state index < -0.39 is 0 Å². The Morgan fingerprint density at radius 3 is 2.55 bits per heavy atom. The van der Waals surface area contributed by atoms with E-state index in [-0.39, 0.29) is 0 Å². The van der Waals surface area contributed by atoms with Crippen molar-refractivity contribution in [2.24, 2.45) is 0 Å². The molecule has 3 aromatic rings. The van der Waals surface area contributed by atoms with E-state index in [4.69, 9.17) is 4.98 Å². The van der Waals surface area contributed by atoms with Gasteiger partial charge in [0.2, 0.25) is 5.95 Å². The number of benzene rings is 1. The Balaban J connectivity index is 1.26. The SMILES string of the molecule is CC(c1ccc2nccnc2c1)N1CCN(c2ncc3c(n2)CCN(C)C3)CC1. The average molecular weight is 390 g/mol. The summed E-state index contributed by atoms with van der Waals surface area (Å²) in [6.45, 7) is 8.22. The van der Waals surface area contributed by atoms with Crippen molar-refractivity contribution in [2.75, 3.05) is 44.7 Å². The number of piperazine rings is 1. The van der Waals surface area contributed by atoms with Crippen LogP contribution in [-0.4, -0.2) is 69.5 Å². The molecule has 2 aliphatic rings. The minimum Gasteiger partial charge on any atom is -0.338 e. The van der Waals surface area contributed by atoms with E-state index in [1.54, 1.807) is 12.4 Å². The zero-order valence-electron chi connectivity index (χ0n) is 17.1. The maximum absolute atomic E-state index is 4.89. The van der Waals surface area contributed by atoms with Gasteiger partial charge in [-0.3, -0.25) is 14.9 Å². The van der Waals surface area contributed by atoms with Crippen LogP contribution in [0.4, 0.5) is 5.95 Å². The highest BCUT2D eigenvalue weighted by Gasteiger charge is 2.25. The molecule has 29 heavy (non-hydrogen) atoms. The van der Waals surface area contributed by atoms with Gasteiger partial charge in [-0.05, 0) is 31.7 Å². The van der Waals surface area contributed by atoms with Gasteiger partial charge in [-0.2, -0.15) is 0 Å². The summed E-state index contributed by atoms with van der Waals surface area (Å²) in [5, 5.41) is 0. The topological polar surface area (TPSA) is 61.3 Å². The van der Waals surface area contributed by atoms with Crippen molar-refractivity contribution < 1.29 is 0 Å². The van der Waals surface area contributed by atoms with Crippen LogP contribution in [-0.2, 0) is 13.0 Å². The average Bonchev–Trinajstić information content (AvgIpc) is 2.78. The highest BCUT2D eigenvalue weighted by Crippen LogP contribution is 2.25. The summed E-state index contributed by atoms with van der Waals surface area (Å²) in [4.78, 5) is 25.6. The molecular weight excluding hydrogens is 362 g/mol. The van der Waals surface area contributed by atoms with E-state index in [2.05, 4.69) is 61.8 Å². The number of hydrogen-bond acceptors (Lipinski definition) is 7. The van der Waals surface area contributed by atoms with Gasteiger partial charge in [0.15, 0.2) is 0 Å². The van der Waals surface area contributed by atoms with Crippen LogP contribution in [0, 0.1) is 0 Å². The zero-order chi connectivity index (χ0) is 19.8. The molecule has 7 nitrogen and oxygen atoms in total. The van der Waals surface area contributed by atoms with Crippen molar-refractivity contribution in [2.45, 2.75) is 25.9 Å². The van der Waals surface area contributed by atoms with Crippen molar-refractivity contribution in [1.29, 1.82) is 0 Å². The highest BCUT2D eigenvalue weighted by atomic mass is 15.3. The molecule has 0 amide bonds. The lowest BCUT2D eigenvalue weighted by Gasteiger charge is -2.38. The number of hydrogen-bond donors (Lipinski definition) is 0. The lowest BCUT2D eigenvalue weighted by atomic mass is 10.0. The molecule has 2 aromatic heterocycles. The van der Waals surface area contributed by atoms with Crippen LogP contribution in [0.15, 0.2) is 36.8 Å². The summed E-state index contributed by atoms with van der Waals surface area (Å²) in [6, 6.07) is 6.77. The third-order valence-corrected chi connectivity index (χ3v) is 6.23. The molecule has 7 heteroatoms. The van der Waals surface area contributed by atoms with E-state index in [0.29, 0.717) is 6.04 Å². The van der Waals surface area contributed by atoms with Crippen LogP contribution in [0.25, 0.3) is 11.0 Å². The second-order valence-electron chi connectivity index (χ2n) is 8.13. The second-order valence-corrected chi connectivity index (χ2v) is 8.13. The number of rotatable bonds is 3. The normalized spacial score (nSPS) is 19.3. The maximum Gasteiger partial charge on any atom is 0.225 e. The molecule has 2 aliphatic heterocycles. The van der Waals surface area contributed by atoms with Crippen molar-refractivity contribution in [3.05, 3.63) is 53.6 Å². The summed E-state index contributed by atoms with van der Waals surface area (Å²) in [6.07, 6.45) is 6.54. The monoisotopic (exact) mass is 389 g/mol. The first-order valence-corrected chi connectivity index (χ1v) is 10.4. The van der Waals surface area contributed by atoms with Crippen LogP contribution in [0.1, 0.15) is 29.8 Å². The molecule has 0 saturated carbocycles. The van der Waals surface area contributed by atoms with Crippen LogP contribution in [0.5, 0.6) is 0 Å². The molecule has 150 valence electrons. The Bertz CT molecular complexity index is 1010. The summed E-state index contributed by atoms with van der Waals surface area (Å²) < 4.78 is 0. The summed E-state index contributed by atoms with van der Waals surface area (Å²) in [7, 11) is 2.15. The molecule has 0 N–H and O–H groups in total. The zero-order valence-corrected chi connectivity index (χ0v) is 17.1. The Morgan fingerprint density at radius 2 is 1.72 bits per heavy atom. The first kappa shape index (κ1) is 18.4. The Morgan fingerprint density at radius 1 is 0.931 bits per heavy atom. The van der Waals surface area contributed by atoms with Crippen LogP contribution >= 0.6 is 0 Å². The molecule has 1 fully saturated rings. The minimum atomic E-state index is 0.351. The largest absolute Gasteiger partial charge is 0.338 e. The predicted octanol–water partition coefficient (Wildman–Crippen LogP) is 2.29. The molecule has 0 aliphatic carbocycles. The quantitative estimate of drug-likeness (QED) is 0.681. The molecule has 1 saturated heterocycles. The van der Waals surface area contributed by atoms with Crippen LogP contribution in [0.3, 0.4) is 0 Å². The minimum absolute atomic E-state index is 0.351. The van der Waals surface area contributed by atoms with Gasteiger partial charge >= 0.3 is 0 Å². The number of nitrogens with zero attached hydrogens (tertiary/aromatic N) is 7. The first-order valence-electron chi connectivity index (χ1n) is 10.4. The van der Waals surface area contributed by atoms with E-state index in [1.807, 2.05) is 6.20 Å². The van der Waals surface area contributed by atoms with Gasteiger partial charge in [-0.1, -0.05) is 6.07 Å². The highest BCUT2D eigenvalue weighted by molar-refractivity contribution is 5.74. The van der Waals surface area contributed by atoms with Gasteiger partial charge in [-0.25, -0.2) is 9.97 Å². The van der Waals surface area contributed by atoms with Crippen molar-refractivity contribution in [3.63, 3.8) is 0 Å². The lowest BCUT2D eigenvalue weighted by Crippen LogP contribution is -2.47. The van der Waals surface area contributed by atoms with Crippen molar-refractivity contribution in [1.82, 2.24) is 29.7 Å². The van der Waals surface area contributed by atoms with Gasteiger partial charge in [0.1, 0.15) is 0 Å². The Kier molecular flexibility index (Phi) is 4.85. The van der Waals surface area contributed by atoms with Crippen LogP contribution in [0.2, 0.25) is 0 Å².